The highest BCUT2D eigenvalue weighted by Gasteiger charge is 1.96. The highest BCUT2D eigenvalue weighted by atomic mass is 16.5. The summed E-state index contributed by atoms with van der Waals surface area (Å²) < 4.78 is 4.15. The van der Waals surface area contributed by atoms with E-state index in [1.165, 1.54) is 0 Å². The molecule has 2 rings (SSSR count). The summed E-state index contributed by atoms with van der Waals surface area (Å²) in [4.78, 5) is 13.1. The van der Waals surface area contributed by atoms with Gasteiger partial charge in [-0.2, -0.15) is 15.4 Å². The molecule has 0 fully saturated rings. The quantitative estimate of drug-likeness (QED) is 0.782. The van der Waals surface area contributed by atoms with E-state index in [1.54, 1.807) is 25.5 Å². The van der Waals surface area contributed by atoms with Gasteiger partial charge in [0.1, 0.15) is 5.69 Å². The van der Waals surface area contributed by atoms with Gasteiger partial charge in [0, 0.05) is 18.0 Å². The van der Waals surface area contributed by atoms with Crippen molar-refractivity contribution in [2.75, 3.05) is 6.61 Å². The van der Waals surface area contributed by atoms with Gasteiger partial charge < -0.3 is 4.74 Å². The van der Waals surface area contributed by atoms with Crippen LogP contribution in [0.3, 0.4) is 0 Å². The molecular formula is C10H12N4O2. The van der Waals surface area contributed by atoms with Crippen LogP contribution in [0.25, 0.3) is 11.3 Å². The fourth-order valence-corrected chi connectivity index (χ4v) is 0.931. The van der Waals surface area contributed by atoms with E-state index < -0.39 is 0 Å². The Kier molecular flexibility index (Phi) is 5.25. The molecule has 6 heteroatoms. The van der Waals surface area contributed by atoms with Gasteiger partial charge in [0.05, 0.1) is 12.8 Å². The van der Waals surface area contributed by atoms with Crippen molar-refractivity contribution >= 4 is 6.47 Å². The molecule has 84 valence electrons. The number of rotatable bonds is 3. The van der Waals surface area contributed by atoms with Crippen molar-refractivity contribution in [2.45, 2.75) is 6.92 Å². The van der Waals surface area contributed by atoms with Crippen LogP contribution in [0.2, 0.25) is 0 Å². The largest absolute Gasteiger partial charge is 0.468 e. The Morgan fingerprint density at radius 2 is 2.19 bits per heavy atom. The fourth-order valence-electron chi connectivity index (χ4n) is 0.931. The van der Waals surface area contributed by atoms with E-state index in [4.69, 9.17) is 0 Å². The van der Waals surface area contributed by atoms with E-state index in [1.807, 2.05) is 12.1 Å². The number of hydrogen-bond acceptors (Lipinski definition) is 5. The fraction of sp³-hybridized carbons (Fsp3) is 0.200. The average Bonchev–Trinajstić information content (AvgIpc) is 2.86. The topological polar surface area (TPSA) is 80.8 Å². The third-order valence-corrected chi connectivity index (χ3v) is 1.63. The molecule has 1 N–H and O–H groups in total. The standard InChI is InChI=1S/C7H6N4.C3H6O2/c1-3-8-4-2-6(1)7-5-9-11-10-7;1-2-5-3-4/h1-5H,(H,9,10,11);3H,2H2,1H3. The van der Waals surface area contributed by atoms with Crippen molar-refractivity contribution in [1.29, 1.82) is 0 Å². The van der Waals surface area contributed by atoms with Crippen molar-refractivity contribution in [3.63, 3.8) is 0 Å². The van der Waals surface area contributed by atoms with Gasteiger partial charge in [-0.15, -0.1) is 0 Å². The molecule has 0 aliphatic rings. The van der Waals surface area contributed by atoms with E-state index in [0.29, 0.717) is 13.1 Å². The molecule has 0 aliphatic carbocycles. The molecule has 2 aromatic heterocycles. The third-order valence-electron chi connectivity index (χ3n) is 1.63. The zero-order valence-electron chi connectivity index (χ0n) is 8.83. The molecular weight excluding hydrogens is 208 g/mol. The van der Waals surface area contributed by atoms with E-state index in [-0.39, 0.29) is 0 Å². The van der Waals surface area contributed by atoms with Crippen LogP contribution >= 0.6 is 0 Å². The lowest BCUT2D eigenvalue weighted by Crippen LogP contribution is -1.80. The zero-order valence-corrected chi connectivity index (χ0v) is 8.83. The van der Waals surface area contributed by atoms with Crippen molar-refractivity contribution in [2.24, 2.45) is 0 Å². The Balaban J connectivity index is 0.000000221. The monoisotopic (exact) mass is 220 g/mol. The smallest absolute Gasteiger partial charge is 0.293 e. The van der Waals surface area contributed by atoms with Crippen LogP contribution in [0.1, 0.15) is 6.92 Å². The highest BCUT2D eigenvalue weighted by Crippen LogP contribution is 2.11. The predicted octanol–water partition coefficient (Wildman–Crippen LogP) is 1.05. The summed E-state index contributed by atoms with van der Waals surface area (Å²) in [5.74, 6) is 0. The van der Waals surface area contributed by atoms with E-state index in [2.05, 4.69) is 25.1 Å². The SMILES string of the molecule is CCOC=O.c1cc(-c2cn[nH]n2)ccn1. The number of H-pyrrole nitrogens is 1. The van der Waals surface area contributed by atoms with Crippen molar-refractivity contribution < 1.29 is 9.53 Å². The molecule has 0 unspecified atom stereocenters. The number of carbonyl (C=O) groups excluding carboxylic acids is 1. The highest BCUT2D eigenvalue weighted by molar-refractivity contribution is 5.55. The van der Waals surface area contributed by atoms with Crippen molar-refractivity contribution in [3.05, 3.63) is 30.7 Å². The lowest BCUT2D eigenvalue weighted by Gasteiger charge is -1.90. The Labute approximate surface area is 92.7 Å². The lowest BCUT2D eigenvalue weighted by molar-refractivity contribution is -0.128. The number of aromatic amines is 1. The Bertz CT molecular complexity index is 388. The Morgan fingerprint density at radius 3 is 2.62 bits per heavy atom. The first-order valence-electron chi connectivity index (χ1n) is 4.70. The van der Waals surface area contributed by atoms with Gasteiger partial charge in [-0.25, -0.2) is 0 Å². The summed E-state index contributed by atoms with van der Waals surface area (Å²) in [6.07, 6.45) is 5.13. The van der Waals surface area contributed by atoms with Gasteiger partial charge in [0.25, 0.3) is 6.47 Å². The number of carbonyl (C=O) groups is 1. The van der Waals surface area contributed by atoms with E-state index >= 15 is 0 Å². The minimum absolute atomic E-state index is 0.431. The number of nitrogens with one attached hydrogen (secondary N) is 1. The van der Waals surface area contributed by atoms with Crippen LogP contribution < -0.4 is 0 Å². The van der Waals surface area contributed by atoms with Gasteiger partial charge in [-0.1, -0.05) is 0 Å². The number of pyridine rings is 1. The van der Waals surface area contributed by atoms with Gasteiger partial charge in [0.15, 0.2) is 0 Å². The lowest BCUT2D eigenvalue weighted by atomic mass is 10.2. The first-order chi connectivity index (χ1) is 7.88. The first-order valence-corrected chi connectivity index (χ1v) is 4.70. The molecule has 0 bridgehead atoms. The molecule has 6 nitrogen and oxygen atoms in total. The number of nitrogens with zero attached hydrogens (tertiary/aromatic N) is 3. The second-order valence-electron chi connectivity index (χ2n) is 2.64. The van der Waals surface area contributed by atoms with E-state index in [0.717, 1.165) is 11.3 Å². The van der Waals surface area contributed by atoms with Gasteiger partial charge in [0.2, 0.25) is 0 Å². The number of ether oxygens (including phenoxy) is 1. The van der Waals surface area contributed by atoms with Crippen LogP contribution in [-0.2, 0) is 9.53 Å². The average molecular weight is 220 g/mol. The molecule has 16 heavy (non-hydrogen) atoms. The molecule has 0 amide bonds. The summed E-state index contributed by atoms with van der Waals surface area (Å²) in [5, 5.41) is 10.2. The van der Waals surface area contributed by atoms with Crippen molar-refractivity contribution in [1.82, 2.24) is 20.4 Å². The maximum atomic E-state index is 9.18. The van der Waals surface area contributed by atoms with E-state index in [9.17, 15) is 4.79 Å². The first kappa shape index (κ1) is 11.8. The summed E-state index contributed by atoms with van der Waals surface area (Å²) >= 11 is 0. The molecule has 0 saturated carbocycles. The maximum absolute atomic E-state index is 9.18. The summed E-state index contributed by atoms with van der Waals surface area (Å²) in [5.41, 5.74) is 1.86. The Morgan fingerprint density at radius 1 is 1.44 bits per heavy atom. The third kappa shape index (κ3) is 3.87. The zero-order chi connectivity index (χ0) is 11.6. The van der Waals surface area contributed by atoms with Crippen molar-refractivity contribution in [3.8, 4) is 11.3 Å². The molecule has 0 atom stereocenters. The molecule has 0 aromatic carbocycles. The van der Waals surface area contributed by atoms with Crippen LogP contribution in [0.5, 0.6) is 0 Å². The second kappa shape index (κ2) is 7.10. The molecule has 0 spiro atoms. The van der Waals surface area contributed by atoms with Gasteiger partial charge in [-0.3, -0.25) is 9.78 Å². The minimum Gasteiger partial charge on any atom is -0.468 e. The van der Waals surface area contributed by atoms with Crippen LogP contribution in [0.15, 0.2) is 30.7 Å². The second-order valence-corrected chi connectivity index (χ2v) is 2.64. The van der Waals surface area contributed by atoms with Gasteiger partial charge >= 0.3 is 0 Å². The van der Waals surface area contributed by atoms with Crippen LogP contribution in [0, 0.1) is 0 Å². The summed E-state index contributed by atoms with van der Waals surface area (Å²) in [6.45, 7) is 2.66. The Hall–Kier alpha value is -2.24. The number of hydrogen-bond donors (Lipinski definition) is 1. The normalized spacial score (nSPS) is 8.81. The molecule has 0 aliphatic heterocycles. The summed E-state index contributed by atoms with van der Waals surface area (Å²) in [6, 6.07) is 3.77. The molecule has 0 radical (unpaired) electrons. The van der Waals surface area contributed by atoms with Crippen LogP contribution in [0.4, 0.5) is 0 Å². The maximum Gasteiger partial charge on any atom is 0.293 e. The number of aromatic nitrogens is 4. The predicted molar refractivity (Wildman–Crippen MR) is 57.3 cm³/mol. The van der Waals surface area contributed by atoms with Crippen LogP contribution in [-0.4, -0.2) is 33.5 Å². The molecule has 2 aromatic rings. The minimum atomic E-state index is 0.431. The summed E-state index contributed by atoms with van der Waals surface area (Å²) in [7, 11) is 0. The molecule has 0 saturated heterocycles. The van der Waals surface area contributed by atoms with Gasteiger partial charge in [-0.05, 0) is 19.1 Å². The molecule has 2 heterocycles.